The van der Waals surface area contributed by atoms with E-state index in [1.165, 1.54) is 12.1 Å². The highest BCUT2D eigenvalue weighted by atomic mass is 19.4. The van der Waals surface area contributed by atoms with Crippen molar-refractivity contribution in [1.29, 1.82) is 0 Å². The van der Waals surface area contributed by atoms with Crippen LogP contribution in [0.25, 0.3) is 0 Å². The molecule has 1 aliphatic rings. The highest BCUT2D eigenvalue weighted by molar-refractivity contribution is 5.95. The van der Waals surface area contributed by atoms with Crippen LogP contribution in [0.15, 0.2) is 18.2 Å². The first kappa shape index (κ1) is 14.6. The lowest BCUT2D eigenvalue weighted by Gasteiger charge is -2.29. The molecule has 0 aliphatic carbocycles. The Morgan fingerprint density at radius 1 is 1.15 bits per heavy atom. The van der Waals surface area contributed by atoms with Crippen molar-refractivity contribution in [2.24, 2.45) is 0 Å². The Morgan fingerprint density at radius 2 is 1.80 bits per heavy atom. The van der Waals surface area contributed by atoms with Crippen LogP contribution in [0.3, 0.4) is 0 Å². The van der Waals surface area contributed by atoms with Crippen molar-refractivity contribution in [3.8, 4) is 0 Å². The molecule has 0 spiro atoms. The molecule has 0 aromatic heterocycles. The van der Waals surface area contributed by atoms with Gasteiger partial charge in [-0.1, -0.05) is 0 Å². The number of carbonyl (C=O) groups excluding carboxylic acids is 1. The standard InChI is InChI=1S/C13H14F4N2O/c14-10-8-9(18-12(20)13(15,16)17)4-5-11(10)19-6-2-1-3-7-19/h4-5,8H,1-3,6-7H2,(H,18,20). The highest BCUT2D eigenvalue weighted by Crippen LogP contribution is 2.26. The summed E-state index contributed by atoms with van der Waals surface area (Å²) in [5.41, 5.74) is 0.153. The average Bonchev–Trinajstić information content (AvgIpc) is 2.38. The molecule has 2 rings (SSSR count). The van der Waals surface area contributed by atoms with E-state index in [1.807, 2.05) is 4.90 Å². The summed E-state index contributed by atoms with van der Waals surface area (Å²) in [6.45, 7) is 1.45. The van der Waals surface area contributed by atoms with Crippen LogP contribution in [0.1, 0.15) is 19.3 Å². The summed E-state index contributed by atoms with van der Waals surface area (Å²) < 4.78 is 50.2. The average molecular weight is 290 g/mol. The molecule has 1 heterocycles. The van der Waals surface area contributed by atoms with Gasteiger partial charge in [-0.25, -0.2) is 4.39 Å². The van der Waals surface area contributed by atoms with Crippen LogP contribution in [-0.2, 0) is 4.79 Å². The minimum Gasteiger partial charge on any atom is -0.369 e. The minimum atomic E-state index is -4.98. The van der Waals surface area contributed by atoms with E-state index < -0.39 is 17.9 Å². The predicted molar refractivity (Wildman–Crippen MR) is 67.1 cm³/mol. The lowest BCUT2D eigenvalue weighted by atomic mass is 10.1. The summed E-state index contributed by atoms with van der Waals surface area (Å²) in [4.78, 5) is 12.6. The number of alkyl halides is 3. The Labute approximate surface area is 113 Å². The number of halogens is 4. The molecular weight excluding hydrogens is 276 g/mol. The number of amides is 1. The fourth-order valence-electron chi connectivity index (χ4n) is 2.18. The van der Waals surface area contributed by atoms with Gasteiger partial charge in [0.1, 0.15) is 5.82 Å². The Bertz CT molecular complexity index is 496. The lowest BCUT2D eigenvalue weighted by Crippen LogP contribution is -2.31. The molecule has 1 N–H and O–H groups in total. The van der Waals surface area contributed by atoms with E-state index in [0.29, 0.717) is 5.69 Å². The molecule has 1 saturated heterocycles. The Morgan fingerprint density at radius 3 is 2.35 bits per heavy atom. The van der Waals surface area contributed by atoms with E-state index in [2.05, 4.69) is 0 Å². The van der Waals surface area contributed by atoms with Crippen molar-refractivity contribution in [3.63, 3.8) is 0 Å². The third-order valence-corrected chi connectivity index (χ3v) is 3.16. The second-order valence-electron chi connectivity index (χ2n) is 4.67. The van der Waals surface area contributed by atoms with Gasteiger partial charge in [0.2, 0.25) is 0 Å². The van der Waals surface area contributed by atoms with E-state index >= 15 is 0 Å². The maximum atomic E-state index is 13.9. The first-order chi connectivity index (χ1) is 9.38. The largest absolute Gasteiger partial charge is 0.471 e. The van der Waals surface area contributed by atoms with Crippen LogP contribution >= 0.6 is 0 Å². The monoisotopic (exact) mass is 290 g/mol. The third-order valence-electron chi connectivity index (χ3n) is 3.16. The Hall–Kier alpha value is -1.79. The summed E-state index contributed by atoms with van der Waals surface area (Å²) in [6.07, 6.45) is -1.96. The van der Waals surface area contributed by atoms with E-state index in [1.54, 1.807) is 5.32 Å². The van der Waals surface area contributed by atoms with Gasteiger partial charge in [-0.15, -0.1) is 0 Å². The molecular formula is C13H14F4N2O. The summed E-state index contributed by atoms with van der Waals surface area (Å²) in [7, 11) is 0. The molecule has 110 valence electrons. The smallest absolute Gasteiger partial charge is 0.369 e. The van der Waals surface area contributed by atoms with Crippen LogP contribution in [-0.4, -0.2) is 25.2 Å². The fraction of sp³-hybridized carbons (Fsp3) is 0.462. The van der Waals surface area contributed by atoms with Gasteiger partial charge in [-0.2, -0.15) is 13.2 Å². The fourth-order valence-corrected chi connectivity index (χ4v) is 2.18. The molecule has 20 heavy (non-hydrogen) atoms. The van der Waals surface area contributed by atoms with Gasteiger partial charge in [0.15, 0.2) is 0 Å². The van der Waals surface area contributed by atoms with Crippen molar-refractivity contribution >= 4 is 17.3 Å². The van der Waals surface area contributed by atoms with Crippen LogP contribution in [0.5, 0.6) is 0 Å². The zero-order valence-corrected chi connectivity index (χ0v) is 10.6. The summed E-state index contributed by atoms with van der Waals surface area (Å²) >= 11 is 0. The molecule has 0 atom stereocenters. The number of nitrogens with zero attached hydrogens (tertiary/aromatic N) is 1. The van der Waals surface area contributed by atoms with Crippen molar-refractivity contribution in [1.82, 2.24) is 0 Å². The maximum absolute atomic E-state index is 13.9. The van der Waals surface area contributed by atoms with Gasteiger partial charge in [-0.05, 0) is 37.5 Å². The molecule has 1 aromatic rings. The molecule has 0 unspecified atom stereocenters. The van der Waals surface area contributed by atoms with Gasteiger partial charge in [0, 0.05) is 18.8 Å². The van der Waals surface area contributed by atoms with E-state index in [9.17, 15) is 22.4 Å². The van der Waals surface area contributed by atoms with Gasteiger partial charge in [0.05, 0.1) is 5.69 Å². The van der Waals surface area contributed by atoms with Crippen molar-refractivity contribution in [3.05, 3.63) is 24.0 Å². The van der Waals surface area contributed by atoms with Crippen LogP contribution < -0.4 is 10.2 Å². The minimum absolute atomic E-state index is 0.203. The molecule has 0 radical (unpaired) electrons. The van der Waals surface area contributed by atoms with Crippen molar-refractivity contribution in [2.45, 2.75) is 25.4 Å². The zero-order valence-electron chi connectivity index (χ0n) is 10.6. The number of carbonyl (C=O) groups is 1. The second kappa shape index (κ2) is 5.68. The summed E-state index contributed by atoms with van der Waals surface area (Å²) in [5, 5.41) is 1.63. The molecule has 1 fully saturated rings. The number of benzene rings is 1. The highest BCUT2D eigenvalue weighted by Gasteiger charge is 2.38. The van der Waals surface area contributed by atoms with Crippen molar-refractivity contribution in [2.75, 3.05) is 23.3 Å². The molecule has 1 amide bonds. The number of rotatable bonds is 2. The first-order valence-electron chi connectivity index (χ1n) is 6.30. The number of hydrogen-bond donors (Lipinski definition) is 1. The molecule has 1 aliphatic heterocycles. The predicted octanol–water partition coefficient (Wildman–Crippen LogP) is 3.32. The van der Waals surface area contributed by atoms with Gasteiger partial charge < -0.3 is 10.2 Å². The Kier molecular flexibility index (Phi) is 4.15. The molecule has 1 aromatic carbocycles. The summed E-state index contributed by atoms with van der Waals surface area (Å²) in [6, 6.07) is 3.58. The second-order valence-corrected chi connectivity index (χ2v) is 4.67. The topological polar surface area (TPSA) is 32.3 Å². The quantitative estimate of drug-likeness (QED) is 0.847. The molecule has 3 nitrogen and oxygen atoms in total. The molecule has 7 heteroatoms. The Balaban J connectivity index is 2.11. The molecule has 0 saturated carbocycles. The number of nitrogens with one attached hydrogen (secondary N) is 1. The zero-order chi connectivity index (χ0) is 14.8. The SMILES string of the molecule is O=C(Nc1ccc(N2CCCCC2)c(F)c1)C(F)(F)F. The van der Waals surface area contributed by atoms with Gasteiger partial charge in [0.25, 0.3) is 0 Å². The lowest BCUT2D eigenvalue weighted by molar-refractivity contribution is -0.167. The molecule has 0 bridgehead atoms. The number of hydrogen-bond acceptors (Lipinski definition) is 2. The van der Waals surface area contributed by atoms with Crippen LogP contribution in [0, 0.1) is 5.82 Å². The van der Waals surface area contributed by atoms with E-state index in [4.69, 9.17) is 0 Å². The van der Waals surface area contributed by atoms with E-state index in [0.717, 1.165) is 38.4 Å². The number of anilines is 2. The van der Waals surface area contributed by atoms with Crippen molar-refractivity contribution < 1.29 is 22.4 Å². The summed E-state index contributed by atoms with van der Waals surface area (Å²) in [5.74, 6) is -2.74. The van der Waals surface area contributed by atoms with Gasteiger partial charge >= 0.3 is 12.1 Å². The van der Waals surface area contributed by atoms with E-state index in [-0.39, 0.29) is 5.69 Å². The third kappa shape index (κ3) is 3.40. The van der Waals surface area contributed by atoms with Crippen LogP contribution in [0.2, 0.25) is 0 Å². The normalized spacial score (nSPS) is 16.1. The number of piperidine rings is 1. The van der Waals surface area contributed by atoms with Crippen LogP contribution in [0.4, 0.5) is 28.9 Å². The maximum Gasteiger partial charge on any atom is 0.471 e. The van der Waals surface area contributed by atoms with Gasteiger partial charge in [-0.3, -0.25) is 4.79 Å². The first-order valence-corrected chi connectivity index (χ1v) is 6.30.